The molecule has 0 aliphatic carbocycles. The first kappa shape index (κ1) is 34.7. The zero-order chi connectivity index (χ0) is 31.7. The Labute approximate surface area is 258 Å². The van der Waals surface area contributed by atoms with Crippen LogP contribution >= 0.6 is 11.8 Å². The number of amides is 2. The monoisotopic (exact) mass is 604 g/mol. The fraction of sp³-hybridized carbons (Fsp3) is 0.794. The van der Waals surface area contributed by atoms with E-state index in [0.717, 1.165) is 38.5 Å². The number of thioether (sulfide) groups is 1. The number of rotatable bonds is 15. The van der Waals surface area contributed by atoms with Crippen molar-refractivity contribution in [1.29, 1.82) is 0 Å². The van der Waals surface area contributed by atoms with Crippen molar-refractivity contribution < 1.29 is 24.2 Å². The maximum atomic E-state index is 15.0. The van der Waals surface area contributed by atoms with E-state index in [1.165, 1.54) is 0 Å². The van der Waals surface area contributed by atoms with Crippen molar-refractivity contribution >= 4 is 29.5 Å². The third-order valence-electron chi connectivity index (χ3n) is 9.87. The van der Waals surface area contributed by atoms with Gasteiger partial charge in [-0.3, -0.25) is 14.4 Å². The molecule has 1 N–H and O–H groups in total. The van der Waals surface area contributed by atoms with Crippen LogP contribution in [0.2, 0.25) is 0 Å². The van der Waals surface area contributed by atoms with E-state index in [1.54, 1.807) is 22.7 Å². The summed E-state index contributed by atoms with van der Waals surface area (Å²) in [5.41, 5.74) is -0.541. The van der Waals surface area contributed by atoms with Crippen LogP contribution in [-0.4, -0.2) is 79.6 Å². The van der Waals surface area contributed by atoms with Gasteiger partial charge in [0.15, 0.2) is 0 Å². The van der Waals surface area contributed by atoms with Crippen molar-refractivity contribution in [3.05, 3.63) is 25.3 Å². The summed E-state index contributed by atoms with van der Waals surface area (Å²) in [6, 6.07) is -1.30. The highest BCUT2D eigenvalue weighted by Crippen LogP contribution is 2.72. The molecule has 42 heavy (non-hydrogen) atoms. The van der Waals surface area contributed by atoms with Crippen LogP contribution in [0, 0.1) is 23.2 Å². The largest absolute Gasteiger partial charge is 0.465 e. The number of carbonyl (C=O) groups is 3. The SMILES string of the molecule is C=CCCCCOC(=O)[C@H]1[C@H]2C(=O)N([C@@H](CO)[C@@H](C)CC)C(C(=O)N(CC=C)C(C)(C)CC(C)(C)C)C23CC[C@]1(C)S3. The highest BCUT2D eigenvalue weighted by atomic mass is 32.2. The molecule has 0 saturated carbocycles. The first-order valence-electron chi connectivity index (χ1n) is 15.9. The lowest BCUT2D eigenvalue weighted by Crippen LogP contribution is -2.62. The summed E-state index contributed by atoms with van der Waals surface area (Å²) in [4.78, 5) is 47.0. The van der Waals surface area contributed by atoms with Gasteiger partial charge in [-0.05, 0) is 70.6 Å². The van der Waals surface area contributed by atoms with Crippen LogP contribution in [0.1, 0.15) is 100 Å². The normalized spacial score (nSPS) is 30.2. The molecule has 3 aliphatic rings. The topological polar surface area (TPSA) is 87.1 Å². The van der Waals surface area contributed by atoms with E-state index in [2.05, 4.69) is 54.7 Å². The van der Waals surface area contributed by atoms with Crippen molar-refractivity contribution in [1.82, 2.24) is 9.80 Å². The molecule has 7 nitrogen and oxygen atoms in total. The average Bonchev–Trinajstić information content (AvgIpc) is 3.46. The van der Waals surface area contributed by atoms with Gasteiger partial charge >= 0.3 is 5.97 Å². The van der Waals surface area contributed by atoms with Crippen LogP contribution in [-0.2, 0) is 19.1 Å². The summed E-state index contributed by atoms with van der Waals surface area (Å²) < 4.78 is 4.57. The maximum absolute atomic E-state index is 15.0. The molecule has 0 aromatic heterocycles. The van der Waals surface area contributed by atoms with Crippen LogP contribution in [0.4, 0.5) is 0 Å². The Morgan fingerprint density at radius 3 is 2.40 bits per heavy atom. The lowest BCUT2D eigenvalue weighted by atomic mass is 9.66. The minimum absolute atomic E-state index is 0.0204. The number of aliphatic hydroxyl groups excluding tert-OH is 1. The number of aliphatic hydroxyl groups is 1. The van der Waals surface area contributed by atoms with Gasteiger partial charge in [0.05, 0.1) is 35.8 Å². The zero-order valence-electron chi connectivity index (χ0n) is 27.4. The third-order valence-corrected chi connectivity index (χ3v) is 11.9. The molecule has 2 unspecified atom stereocenters. The molecule has 0 aromatic rings. The Morgan fingerprint density at radius 1 is 1.19 bits per heavy atom. The van der Waals surface area contributed by atoms with Gasteiger partial charge in [-0.15, -0.1) is 24.9 Å². The van der Waals surface area contributed by atoms with Crippen LogP contribution < -0.4 is 0 Å². The summed E-state index contributed by atoms with van der Waals surface area (Å²) >= 11 is 1.65. The van der Waals surface area contributed by atoms with Crippen LogP contribution in [0.25, 0.3) is 0 Å². The second-order valence-corrected chi connectivity index (χ2v) is 16.7. The second kappa shape index (κ2) is 13.1. The fourth-order valence-corrected chi connectivity index (χ4v) is 10.5. The first-order valence-corrected chi connectivity index (χ1v) is 16.7. The van der Waals surface area contributed by atoms with Crippen molar-refractivity contribution in [2.45, 2.75) is 127 Å². The van der Waals surface area contributed by atoms with Gasteiger partial charge in [-0.1, -0.05) is 53.2 Å². The molecular formula is C34H56N2O5S. The van der Waals surface area contributed by atoms with E-state index >= 15 is 0 Å². The molecule has 0 radical (unpaired) electrons. The number of fused-ring (bicyclic) bond motifs is 1. The third kappa shape index (κ3) is 6.36. The van der Waals surface area contributed by atoms with Gasteiger partial charge in [-0.25, -0.2) is 0 Å². The van der Waals surface area contributed by atoms with E-state index in [9.17, 15) is 19.5 Å². The highest BCUT2D eigenvalue weighted by Gasteiger charge is 2.78. The average molecular weight is 605 g/mol. The highest BCUT2D eigenvalue weighted by molar-refractivity contribution is 8.02. The number of allylic oxidation sites excluding steroid dienone is 1. The van der Waals surface area contributed by atoms with Gasteiger partial charge in [-0.2, -0.15) is 0 Å². The summed E-state index contributed by atoms with van der Waals surface area (Å²) in [5.74, 6) is -1.95. The van der Waals surface area contributed by atoms with Gasteiger partial charge in [0.2, 0.25) is 11.8 Å². The number of unbranched alkanes of at least 4 members (excludes halogenated alkanes) is 2. The molecule has 2 bridgehead atoms. The molecule has 3 rings (SSSR count). The smallest absolute Gasteiger partial charge is 0.311 e. The zero-order valence-corrected chi connectivity index (χ0v) is 28.2. The number of esters is 1. The Bertz CT molecular complexity index is 1040. The predicted octanol–water partition coefficient (Wildman–Crippen LogP) is 6.00. The fourth-order valence-electron chi connectivity index (χ4n) is 8.13. The van der Waals surface area contributed by atoms with Crippen LogP contribution in [0.5, 0.6) is 0 Å². The summed E-state index contributed by atoms with van der Waals surface area (Å²) in [7, 11) is 0. The molecule has 8 heteroatoms. The molecule has 3 saturated heterocycles. The number of nitrogens with zero attached hydrogens (tertiary/aromatic N) is 2. The minimum Gasteiger partial charge on any atom is -0.465 e. The van der Waals surface area contributed by atoms with E-state index in [-0.39, 0.29) is 35.7 Å². The van der Waals surface area contributed by atoms with Gasteiger partial charge in [0.1, 0.15) is 6.04 Å². The Hall–Kier alpha value is -1.80. The maximum Gasteiger partial charge on any atom is 0.311 e. The van der Waals surface area contributed by atoms with E-state index in [0.29, 0.717) is 19.6 Å². The van der Waals surface area contributed by atoms with E-state index in [4.69, 9.17) is 4.74 Å². The Balaban J connectivity index is 2.10. The number of likely N-dealkylation sites (tertiary alicyclic amines) is 1. The van der Waals surface area contributed by atoms with Gasteiger partial charge in [0.25, 0.3) is 0 Å². The molecular weight excluding hydrogens is 548 g/mol. The summed E-state index contributed by atoms with van der Waals surface area (Å²) in [6.45, 7) is 24.9. The molecule has 7 atom stereocenters. The lowest BCUT2D eigenvalue weighted by molar-refractivity contribution is -0.156. The number of ether oxygens (including phenoxy) is 1. The van der Waals surface area contributed by atoms with Crippen molar-refractivity contribution in [2.24, 2.45) is 23.2 Å². The predicted molar refractivity (Wildman–Crippen MR) is 171 cm³/mol. The van der Waals surface area contributed by atoms with Crippen molar-refractivity contribution in [2.75, 3.05) is 19.8 Å². The standard InChI is InChI=1S/C34H56N2O5S/c1-11-14-15-16-20-41-30(40)26-25-28(38)36(24(21-37)23(4)13-3)27(34(25)18-17-33(26,10)42-34)29(39)35(19-12-2)32(8,9)22-31(5,6)7/h11-12,23-27,37H,1-2,13-22H2,3-10H3/t23-,24-,25-,26+,27?,33-,34?/m0/s1. The van der Waals surface area contributed by atoms with Crippen LogP contribution in [0.3, 0.4) is 0 Å². The Kier molecular flexibility index (Phi) is 10.8. The van der Waals surface area contributed by atoms with Gasteiger partial charge in [0, 0.05) is 16.8 Å². The van der Waals surface area contributed by atoms with Crippen molar-refractivity contribution in [3.8, 4) is 0 Å². The van der Waals surface area contributed by atoms with E-state index in [1.807, 2.05) is 24.8 Å². The second-order valence-electron chi connectivity index (χ2n) is 14.8. The molecule has 3 aliphatic heterocycles. The summed E-state index contributed by atoms with van der Waals surface area (Å²) in [5, 5.41) is 10.7. The quantitative estimate of drug-likeness (QED) is 0.140. The Morgan fingerprint density at radius 2 is 1.86 bits per heavy atom. The summed E-state index contributed by atoms with van der Waals surface area (Å²) in [6.07, 6.45) is 9.02. The number of hydrogen-bond acceptors (Lipinski definition) is 6. The molecule has 3 fully saturated rings. The lowest BCUT2D eigenvalue weighted by Gasteiger charge is -2.47. The molecule has 1 spiro atoms. The minimum atomic E-state index is -0.780. The molecule has 2 amide bonds. The number of hydrogen-bond donors (Lipinski definition) is 1. The van der Waals surface area contributed by atoms with E-state index < -0.39 is 39.0 Å². The molecule has 3 heterocycles. The van der Waals surface area contributed by atoms with Crippen molar-refractivity contribution in [3.63, 3.8) is 0 Å². The number of carbonyl (C=O) groups excluding carboxylic acids is 3. The first-order chi connectivity index (χ1) is 19.5. The molecule has 238 valence electrons. The van der Waals surface area contributed by atoms with Crippen LogP contribution in [0.15, 0.2) is 25.3 Å². The van der Waals surface area contributed by atoms with Gasteiger partial charge < -0.3 is 19.6 Å². The molecule has 0 aromatic carbocycles.